The second-order valence-electron chi connectivity index (χ2n) is 5.83. The number of rotatable bonds is 5. The molecule has 1 unspecified atom stereocenters. The third kappa shape index (κ3) is 3.63. The average Bonchev–Trinajstić information content (AvgIpc) is 3.31. The van der Waals surface area contributed by atoms with Crippen LogP contribution < -0.4 is 20.1 Å². The van der Waals surface area contributed by atoms with Crippen molar-refractivity contribution in [2.24, 2.45) is 0 Å². The lowest BCUT2D eigenvalue weighted by Crippen LogP contribution is -2.31. The minimum absolute atomic E-state index is 0.108. The van der Waals surface area contributed by atoms with Crippen molar-refractivity contribution in [1.82, 2.24) is 15.3 Å². The molecule has 2 aromatic rings. The van der Waals surface area contributed by atoms with E-state index in [1.54, 1.807) is 0 Å². The van der Waals surface area contributed by atoms with Crippen LogP contribution in [0, 0.1) is 0 Å². The van der Waals surface area contributed by atoms with Crippen LogP contribution in [0.15, 0.2) is 30.6 Å². The first-order valence-electron chi connectivity index (χ1n) is 8.16. The number of ether oxygens (including phenoxy) is 3. The van der Waals surface area contributed by atoms with Crippen molar-refractivity contribution in [2.75, 3.05) is 25.3 Å². The number of hydrogen-bond acceptors (Lipinski definition) is 7. The number of fused-ring (bicyclic) bond motifs is 1. The van der Waals surface area contributed by atoms with Crippen LogP contribution in [0.2, 0.25) is 0 Å². The Labute approximate surface area is 144 Å². The number of nitrogens with one attached hydrogen (secondary N) is 2. The molecule has 1 aromatic heterocycles. The Morgan fingerprint density at radius 2 is 2.04 bits per heavy atom. The quantitative estimate of drug-likeness (QED) is 0.856. The Balaban J connectivity index is 1.35. The number of carbonyl (C=O) groups is 1. The van der Waals surface area contributed by atoms with Crippen molar-refractivity contribution in [3.8, 4) is 11.5 Å². The minimum atomic E-state index is -0.204. The molecule has 1 amide bonds. The van der Waals surface area contributed by atoms with Gasteiger partial charge in [-0.2, -0.15) is 0 Å². The summed E-state index contributed by atoms with van der Waals surface area (Å²) >= 11 is 0. The highest BCUT2D eigenvalue weighted by Crippen LogP contribution is 2.34. The van der Waals surface area contributed by atoms with Crippen LogP contribution in [0.1, 0.15) is 23.2 Å². The second-order valence-corrected chi connectivity index (χ2v) is 5.83. The molecule has 1 saturated heterocycles. The highest BCUT2D eigenvalue weighted by Gasteiger charge is 2.17. The molecule has 0 spiro atoms. The Hall–Kier alpha value is -2.87. The third-order valence-corrected chi connectivity index (χ3v) is 4.06. The molecule has 2 aliphatic rings. The predicted octanol–water partition coefficient (Wildman–Crippen LogP) is 1.86. The molecule has 1 aromatic carbocycles. The highest BCUT2D eigenvalue weighted by atomic mass is 16.7. The Morgan fingerprint density at radius 3 is 2.84 bits per heavy atom. The summed E-state index contributed by atoms with van der Waals surface area (Å²) in [6.45, 7) is 1.50. The summed E-state index contributed by atoms with van der Waals surface area (Å²) in [4.78, 5) is 20.5. The first-order chi connectivity index (χ1) is 12.3. The lowest BCUT2D eigenvalue weighted by molar-refractivity contribution is 0.0857. The summed E-state index contributed by atoms with van der Waals surface area (Å²) in [6, 6.07) is 5.48. The van der Waals surface area contributed by atoms with Crippen LogP contribution in [0.25, 0.3) is 0 Å². The van der Waals surface area contributed by atoms with E-state index in [2.05, 4.69) is 20.6 Å². The van der Waals surface area contributed by atoms with Crippen LogP contribution in [-0.4, -0.2) is 41.9 Å². The standard InChI is InChI=1S/C17H18N4O4/c22-16(18-9-13-2-1-5-23-13)11-7-19-17(20-8-11)21-12-3-4-14-15(6-12)25-10-24-14/h3-4,6-8,13H,1-2,5,9-10H2,(H,18,22)(H,19,20,21). The molecule has 130 valence electrons. The van der Waals surface area contributed by atoms with Gasteiger partial charge in [-0.3, -0.25) is 4.79 Å². The van der Waals surface area contributed by atoms with E-state index in [0.717, 1.165) is 25.1 Å². The first-order valence-corrected chi connectivity index (χ1v) is 8.16. The van der Waals surface area contributed by atoms with Crippen molar-refractivity contribution >= 4 is 17.5 Å². The Bertz CT molecular complexity index is 760. The molecule has 0 aliphatic carbocycles. The molecule has 1 fully saturated rings. The second kappa shape index (κ2) is 6.94. The number of hydrogen-bond donors (Lipinski definition) is 2. The topological polar surface area (TPSA) is 94.6 Å². The molecule has 3 heterocycles. The van der Waals surface area contributed by atoms with Gasteiger partial charge in [0.15, 0.2) is 11.5 Å². The van der Waals surface area contributed by atoms with Crippen molar-refractivity contribution in [3.63, 3.8) is 0 Å². The number of amides is 1. The van der Waals surface area contributed by atoms with Crippen molar-refractivity contribution in [2.45, 2.75) is 18.9 Å². The van der Waals surface area contributed by atoms with E-state index in [1.165, 1.54) is 12.4 Å². The summed E-state index contributed by atoms with van der Waals surface area (Å²) in [7, 11) is 0. The fourth-order valence-corrected chi connectivity index (χ4v) is 2.73. The molecule has 8 heteroatoms. The fraction of sp³-hybridized carbons (Fsp3) is 0.353. The number of benzene rings is 1. The van der Waals surface area contributed by atoms with Gasteiger partial charge in [-0.1, -0.05) is 0 Å². The van der Waals surface area contributed by atoms with Crippen LogP contribution in [0.5, 0.6) is 11.5 Å². The van der Waals surface area contributed by atoms with Gasteiger partial charge in [-0.05, 0) is 25.0 Å². The predicted molar refractivity (Wildman–Crippen MR) is 89.2 cm³/mol. The number of aromatic nitrogens is 2. The molecule has 25 heavy (non-hydrogen) atoms. The van der Waals surface area contributed by atoms with Gasteiger partial charge in [0.05, 0.1) is 11.7 Å². The van der Waals surface area contributed by atoms with E-state index < -0.39 is 0 Å². The maximum Gasteiger partial charge on any atom is 0.254 e. The van der Waals surface area contributed by atoms with E-state index in [4.69, 9.17) is 14.2 Å². The fourth-order valence-electron chi connectivity index (χ4n) is 2.73. The maximum atomic E-state index is 12.1. The van der Waals surface area contributed by atoms with Gasteiger partial charge in [0, 0.05) is 37.3 Å². The van der Waals surface area contributed by atoms with Gasteiger partial charge in [0.1, 0.15) is 0 Å². The highest BCUT2D eigenvalue weighted by molar-refractivity contribution is 5.93. The molecule has 2 N–H and O–H groups in total. The Morgan fingerprint density at radius 1 is 1.20 bits per heavy atom. The maximum absolute atomic E-state index is 12.1. The number of nitrogens with zero attached hydrogens (tertiary/aromatic N) is 2. The van der Waals surface area contributed by atoms with E-state index in [9.17, 15) is 4.79 Å². The monoisotopic (exact) mass is 342 g/mol. The van der Waals surface area contributed by atoms with Gasteiger partial charge >= 0.3 is 0 Å². The Kier molecular flexibility index (Phi) is 4.34. The zero-order valence-corrected chi connectivity index (χ0v) is 13.5. The van der Waals surface area contributed by atoms with E-state index in [1.807, 2.05) is 18.2 Å². The van der Waals surface area contributed by atoms with E-state index >= 15 is 0 Å². The van der Waals surface area contributed by atoms with Crippen LogP contribution in [0.4, 0.5) is 11.6 Å². The zero-order valence-electron chi connectivity index (χ0n) is 13.5. The van der Waals surface area contributed by atoms with Gasteiger partial charge in [0.25, 0.3) is 5.91 Å². The molecule has 4 rings (SSSR count). The molecule has 0 radical (unpaired) electrons. The number of anilines is 2. The summed E-state index contributed by atoms with van der Waals surface area (Å²) in [5.74, 6) is 1.58. The minimum Gasteiger partial charge on any atom is -0.454 e. The van der Waals surface area contributed by atoms with E-state index in [-0.39, 0.29) is 18.8 Å². The van der Waals surface area contributed by atoms with Crippen molar-refractivity contribution in [3.05, 3.63) is 36.2 Å². The first kappa shape index (κ1) is 15.6. The normalized spacial score (nSPS) is 18.2. The van der Waals surface area contributed by atoms with Crippen molar-refractivity contribution < 1.29 is 19.0 Å². The molecule has 2 aliphatic heterocycles. The molecule has 0 saturated carbocycles. The number of carbonyl (C=O) groups excluding carboxylic acids is 1. The third-order valence-electron chi connectivity index (χ3n) is 4.06. The van der Waals surface area contributed by atoms with Gasteiger partial charge in [-0.25, -0.2) is 9.97 Å². The van der Waals surface area contributed by atoms with Crippen LogP contribution in [-0.2, 0) is 4.74 Å². The van der Waals surface area contributed by atoms with Gasteiger partial charge in [0.2, 0.25) is 12.7 Å². The lowest BCUT2D eigenvalue weighted by Gasteiger charge is -2.10. The molecular weight excluding hydrogens is 324 g/mol. The van der Waals surface area contributed by atoms with Crippen molar-refractivity contribution in [1.29, 1.82) is 0 Å². The SMILES string of the molecule is O=C(NCC1CCCO1)c1cnc(Nc2ccc3c(c2)OCO3)nc1. The molecule has 0 bridgehead atoms. The van der Waals surface area contributed by atoms with Crippen LogP contribution in [0.3, 0.4) is 0 Å². The molecule has 8 nitrogen and oxygen atoms in total. The van der Waals surface area contributed by atoms with E-state index in [0.29, 0.717) is 29.6 Å². The summed E-state index contributed by atoms with van der Waals surface area (Å²) < 4.78 is 16.1. The largest absolute Gasteiger partial charge is 0.454 e. The smallest absolute Gasteiger partial charge is 0.254 e. The molecule has 1 atom stereocenters. The average molecular weight is 342 g/mol. The summed E-state index contributed by atoms with van der Waals surface area (Å²) in [5.41, 5.74) is 1.19. The lowest BCUT2D eigenvalue weighted by atomic mass is 10.2. The summed E-state index contributed by atoms with van der Waals surface area (Å²) in [6.07, 6.45) is 5.12. The summed E-state index contributed by atoms with van der Waals surface area (Å²) in [5, 5.41) is 5.91. The van der Waals surface area contributed by atoms with Gasteiger partial charge < -0.3 is 24.8 Å². The molecular formula is C17H18N4O4. The zero-order chi connectivity index (χ0) is 17.1. The van der Waals surface area contributed by atoms with Crippen LogP contribution >= 0.6 is 0 Å². The van der Waals surface area contributed by atoms with Gasteiger partial charge in [-0.15, -0.1) is 0 Å².